The molecule has 0 spiro atoms. The molecule has 3 aliphatic heterocycles. The lowest BCUT2D eigenvalue weighted by Crippen LogP contribution is -2.37. The molecule has 2 aromatic rings. The molecule has 5 rings (SSSR count). The van der Waals surface area contributed by atoms with Crippen molar-refractivity contribution in [2.24, 2.45) is 0 Å². The number of anilines is 1. The Kier molecular flexibility index (Phi) is 7.60. The van der Waals surface area contributed by atoms with Crippen molar-refractivity contribution in [1.29, 1.82) is 0 Å². The van der Waals surface area contributed by atoms with Gasteiger partial charge in [0, 0.05) is 30.8 Å². The predicted octanol–water partition coefficient (Wildman–Crippen LogP) is 5.77. The van der Waals surface area contributed by atoms with Crippen LogP contribution >= 0.6 is 0 Å². The number of esters is 2. The van der Waals surface area contributed by atoms with E-state index in [1.165, 1.54) is 0 Å². The number of hydrogen-bond acceptors (Lipinski definition) is 6. The van der Waals surface area contributed by atoms with Crippen LogP contribution in [-0.2, 0) is 9.47 Å². The topological polar surface area (TPSA) is 76.2 Å². The van der Waals surface area contributed by atoms with Gasteiger partial charge in [-0.25, -0.2) is 9.59 Å². The number of carbonyl (C=O) groups excluding carboxylic acids is 3. The summed E-state index contributed by atoms with van der Waals surface area (Å²) in [5.74, 6) is -1.30. The monoisotopic (exact) mass is 504 g/mol. The molecule has 0 radical (unpaired) electrons. The minimum atomic E-state index is -0.630. The molecule has 2 aromatic carbocycles. The Hall–Kier alpha value is -3.19. The minimum absolute atomic E-state index is 0.0488. The number of rotatable bonds is 10. The first-order valence-electron chi connectivity index (χ1n) is 13.8. The fourth-order valence-corrected chi connectivity index (χ4v) is 5.99. The molecule has 37 heavy (non-hydrogen) atoms. The molecule has 3 aliphatic rings. The van der Waals surface area contributed by atoms with E-state index in [2.05, 4.69) is 18.7 Å². The molecule has 0 aromatic heterocycles. The van der Waals surface area contributed by atoms with Crippen LogP contribution in [0.2, 0.25) is 0 Å². The van der Waals surface area contributed by atoms with Crippen LogP contribution in [0.4, 0.5) is 5.69 Å². The summed E-state index contributed by atoms with van der Waals surface area (Å²) in [4.78, 5) is 44.8. The standard InChI is InChI=1S/C30H36N2O5/c1-3-5-7-11-14-21-23-24(28(33)32(21)15-6-4-2)22(20-12-9-8-10-13-20)27(31-16-18-36-19-17-31)26-25(23)29(34)37-30(26)35/h8-10,12-13,21H,3-7,11,14-19H2,1-2H3. The number of fused-ring (bicyclic) bond motifs is 3. The molecule has 196 valence electrons. The van der Waals surface area contributed by atoms with E-state index in [9.17, 15) is 14.4 Å². The highest BCUT2D eigenvalue weighted by atomic mass is 16.6. The van der Waals surface area contributed by atoms with Gasteiger partial charge in [0.2, 0.25) is 0 Å². The van der Waals surface area contributed by atoms with Crippen LogP contribution in [0.1, 0.15) is 101 Å². The van der Waals surface area contributed by atoms with Gasteiger partial charge in [0.15, 0.2) is 0 Å². The minimum Gasteiger partial charge on any atom is -0.386 e. The largest absolute Gasteiger partial charge is 0.386 e. The van der Waals surface area contributed by atoms with E-state index >= 15 is 0 Å². The van der Waals surface area contributed by atoms with Gasteiger partial charge in [0.25, 0.3) is 5.91 Å². The van der Waals surface area contributed by atoms with Crippen molar-refractivity contribution in [2.75, 3.05) is 37.7 Å². The molecular formula is C30H36N2O5. The first-order valence-corrected chi connectivity index (χ1v) is 13.8. The summed E-state index contributed by atoms with van der Waals surface area (Å²) in [6, 6.07) is 9.54. The van der Waals surface area contributed by atoms with Gasteiger partial charge in [-0.1, -0.05) is 76.3 Å². The third-order valence-corrected chi connectivity index (χ3v) is 7.76. The average Bonchev–Trinajstić information content (AvgIpc) is 3.37. The molecule has 1 atom stereocenters. The maximum Gasteiger partial charge on any atom is 0.349 e. The smallest absolute Gasteiger partial charge is 0.349 e. The molecule has 7 heteroatoms. The van der Waals surface area contributed by atoms with E-state index in [0.29, 0.717) is 60.8 Å². The molecular weight excluding hydrogens is 468 g/mol. The number of cyclic esters (lactones) is 2. The predicted molar refractivity (Wildman–Crippen MR) is 142 cm³/mol. The van der Waals surface area contributed by atoms with Gasteiger partial charge in [-0.2, -0.15) is 0 Å². The first kappa shape index (κ1) is 25.5. The number of benzene rings is 2. The Morgan fingerprint density at radius 2 is 1.51 bits per heavy atom. The molecule has 1 amide bonds. The maximum atomic E-state index is 14.3. The second-order valence-electron chi connectivity index (χ2n) is 10.1. The number of amides is 1. The number of nitrogens with zero attached hydrogens (tertiary/aromatic N) is 2. The number of morpholine rings is 1. The Morgan fingerprint density at radius 1 is 0.811 bits per heavy atom. The van der Waals surface area contributed by atoms with Crippen molar-refractivity contribution in [2.45, 2.75) is 64.8 Å². The molecule has 0 saturated carbocycles. The van der Waals surface area contributed by atoms with Crippen LogP contribution in [0, 0.1) is 0 Å². The summed E-state index contributed by atoms with van der Waals surface area (Å²) >= 11 is 0. The lowest BCUT2D eigenvalue weighted by atomic mass is 9.84. The molecule has 0 bridgehead atoms. The molecule has 1 unspecified atom stereocenters. The molecule has 1 fully saturated rings. The third kappa shape index (κ3) is 4.54. The molecule has 0 N–H and O–H groups in total. The van der Waals surface area contributed by atoms with E-state index in [1.807, 2.05) is 35.2 Å². The Bertz CT molecular complexity index is 1190. The zero-order chi connectivity index (χ0) is 25.9. The van der Waals surface area contributed by atoms with E-state index < -0.39 is 11.9 Å². The Morgan fingerprint density at radius 3 is 2.22 bits per heavy atom. The van der Waals surface area contributed by atoms with E-state index in [4.69, 9.17) is 9.47 Å². The number of hydrogen-bond donors (Lipinski definition) is 0. The highest BCUT2D eigenvalue weighted by Gasteiger charge is 2.49. The Labute approximate surface area is 218 Å². The van der Waals surface area contributed by atoms with E-state index in [0.717, 1.165) is 56.1 Å². The summed E-state index contributed by atoms with van der Waals surface area (Å²) in [6.45, 7) is 7.08. The Balaban J connectivity index is 1.78. The van der Waals surface area contributed by atoms with E-state index in [-0.39, 0.29) is 11.9 Å². The van der Waals surface area contributed by atoms with Crippen LogP contribution < -0.4 is 4.90 Å². The summed E-state index contributed by atoms with van der Waals surface area (Å²) in [7, 11) is 0. The maximum absolute atomic E-state index is 14.3. The number of carbonyl (C=O) groups is 3. The van der Waals surface area contributed by atoms with Gasteiger partial charge in [-0.3, -0.25) is 4.79 Å². The summed E-state index contributed by atoms with van der Waals surface area (Å²) in [5.41, 5.74) is 4.11. The van der Waals surface area contributed by atoms with Gasteiger partial charge < -0.3 is 19.3 Å². The van der Waals surface area contributed by atoms with Crippen LogP contribution in [0.15, 0.2) is 30.3 Å². The van der Waals surface area contributed by atoms with E-state index in [1.54, 1.807) is 0 Å². The first-order chi connectivity index (χ1) is 18.1. The van der Waals surface area contributed by atoms with Gasteiger partial charge in [-0.05, 0) is 18.4 Å². The zero-order valence-corrected chi connectivity index (χ0v) is 21.9. The van der Waals surface area contributed by atoms with Gasteiger partial charge >= 0.3 is 11.9 Å². The van der Waals surface area contributed by atoms with Crippen LogP contribution in [-0.4, -0.2) is 55.6 Å². The normalized spacial score (nSPS) is 18.9. The van der Waals surface area contributed by atoms with Crippen LogP contribution in [0.25, 0.3) is 11.1 Å². The van der Waals surface area contributed by atoms with Crippen LogP contribution in [0.3, 0.4) is 0 Å². The molecule has 0 aliphatic carbocycles. The van der Waals surface area contributed by atoms with Crippen molar-refractivity contribution < 1.29 is 23.9 Å². The summed E-state index contributed by atoms with van der Waals surface area (Å²) in [6.07, 6.45) is 6.89. The quantitative estimate of drug-likeness (QED) is 0.232. The van der Waals surface area contributed by atoms with Gasteiger partial charge in [-0.15, -0.1) is 0 Å². The fraction of sp³-hybridized carbons (Fsp3) is 0.500. The van der Waals surface area contributed by atoms with Crippen molar-refractivity contribution in [3.8, 4) is 11.1 Å². The SMILES string of the molecule is CCCCCCC1c2c3c(c(N4CCOCC4)c(-c4ccccc4)c2C(=O)N1CCCC)C(=O)OC3=O. The lowest BCUT2D eigenvalue weighted by Gasteiger charge is -2.32. The van der Waals surface area contributed by atoms with Crippen molar-refractivity contribution in [3.05, 3.63) is 52.6 Å². The zero-order valence-electron chi connectivity index (χ0n) is 21.9. The van der Waals surface area contributed by atoms with Gasteiger partial charge in [0.05, 0.1) is 41.6 Å². The highest BCUT2D eigenvalue weighted by molar-refractivity contribution is 6.24. The molecule has 7 nitrogen and oxygen atoms in total. The average molecular weight is 505 g/mol. The van der Waals surface area contributed by atoms with Crippen molar-refractivity contribution in [1.82, 2.24) is 4.90 Å². The molecule has 3 heterocycles. The van der Waals surface area contributed by atoms with Gasteiger partial charge in [0.1, 0.15) is 0 Å². The third-order valence-electron chi connectivity index (χ3n) is 7.76. The fourth-order valence-electron chi connectivity index (χ4n) is 5.99. The second kappa shape index (κ2) is 11.1. The second-order valence-corrected chi connectivity index (χ2v) is 10.1. The summed E-state index contributed by atoms with van der Waals surface area (Å²) in [5, 5.41) is 0. The van der Waals surface area contributed by atoms with Crippen LogP contribution in [0.5, 0.6) is 0 Å². The summed E-state index contributed by atoms with van der Waals surface area (Å²) < 4.78 is 10.8. The lowest BCUT2D eigenvalue weighted by molar-refractivity contribution is 0.0441. The number of ether oxygens (including phenoxy) is 2. The number of unbranched alkanes of at least 4 members (excludes halogenated alkanes) is 4. The molecule has 1 saturated heterocycles. The highest BCUT2D eigenvalue weighted by Crippen LogP contribution is 2.51. The van der Waals surface area contributed by atoms with Crippen molar-refractivity contribution >= 4 is 23.5 Å². The van der Waals surface area contributed by atoms with Crippen molar-refractivity contribution in [3.63, 3.8) is 0 Å².